The highest BCUT2D eigenvalue weighted by Crippen LogP contribution is 2.32. The lowest BCUT2D eigenvalue weighted by Crippen LogP contribution is -2.52. The Morgan fingerprint density at radius 3 is 2.53 bits per heavy atom. The van der Waals surface area contributed by atoms with Crippen LogP contribution in [0.3, 0.4) is 0 Å². The number of nitrogens with zero attached hydrogens (tertiary/aromatic N) is 3. The maximum atomic E-state index is 13.6. The average Bonchev–Trinajstić information content (AvgIpc) is 2.94. The quantitative estimate of drug-likeness (QED) is 0.374. The first kappa shape index (κ1) is 27.4. The van der Waals surface area contributed by atoms with E-state index in [0.29, 0.717) is 22.0 Å². The van der Waals surface area contributed by atoms with Gasteiger partial charge in [0.1, 0.15) is 0 Å². The van der Waals surface area contributed by atoms with Crippen molar-refractivity contribution in [2.45, 2.75) is 51.5 Å². The minimum atomic E-state index is 0.118. The number of carbonyl (C=O) groups is 1. The van der Waals surface area contributed by atoms with Gasteiger partial charge in [0.2, 0.25) is 0 Å². The lowest BCUT2D eigenvalue weighted by molar-refractivity contribution is 0.0242. The maximum Gasteiger partial charge on any atom is 0.254 e. The van der Waals surface area contributed by atoms with Gasteiger partial charge in [-0.3, -0.25) is 14.7 Å². The zero-order valence-electron chi connectivity index (χ0n) is 22.1. The zero-order chi connectivity index (χ0) is 26.6. The topological polar surface area (TPSA) is 56.7 Å². The smallest absolute Gasteiger partial charge is 0.254 e. The van der Waals surface area contributed by atoms with E-state index in [1.165, 1.54) is 5.56 Å². The molecule has 1 unspecified atom stereocenters. The predicted octanol–water partition coefficient (Wildman–Crippen LogP) is 6.27. The number of aryl methyl sites for hydroxylation is 1. The fourth-order valence-electron chi connectivity index (χ4n) is 6.28. The second-order valence-corrected chi connectivity index (χ2v) is 11.7. The van der Waals surface area contributed by atoms with Gasteiger partial charge in [-0.25, -0.2) is 0 Å². The minimum absolute atomic E-state index is 0.118. The van der Waals surface area contributed by atoms with E-state index < -0.39 is 0 Å². The number of aliphatic hydroxyl groups is 1. The fraction of sp³-hybridized carbons (Fsp3) is 0.484. The third-order valence-electron chi connectivity index (χ3n) is 8.41. The standard InChI is InChI=1S/C31H37Cl2N3O2/c1-2-5-24-18-27(26-6-3-4-7-30(26)34-24)31(38)35-14-11-25(12-15-35)36-13-10-22(23(19-36)20-37)16-21-8-9-28(32)29(33)17-21/h3-4,6-9,17-18,22-23,25,37H,2,5,10-16,19-20H2,1H3/t22?,23-/m0/s1. The third-order valence-corrected chi connectivity index (χ3v) is 9.15. The van der Waals surface area contributed by atoms with Gasteiger partial charge < -0.3 is 10.0 Å². The summed E-state index contributed by atoms with van der Waals surface area (Å²) in [6.07, 6.45) is 5.76. The van der Waals surface area contributed by atoms with E-state index in [1.807, 2.05) is 53.4 Å². The molecule has 202 valence electrons. The summed E-state index contributed by atoms with van der Waals surface area (Å²) >= 11 is 12.3. The minimum Gasteiger partial charge on any atom is -0.396 e. The number of para-hydroxylation sites is 1. The number of hydrogen-bond donors (Lipinski definition) is 1. The third kappa shape index (κ3) is 6.02. The van der Waals surface area contributed by atoms with Crippen LogP contribution in [0.4, 0.5) is 0 Å². The SMILES string of the molecule is CCCc1cc(C(=O)N2CCC(N3CCC(Cc4ccc(Cl)c(Cl)c4)[C@H](CO)C3)CC2)c2ccccc2n1. The molecule has 1 aromatic heterocycles. The Balaban J connectivity index is 1.21. The van der Waals surface area contributed by atoms with Crippen LogP contribution in [0.25, 0.3) is 10.9 Å². The molecule has 0 aliphatic carbocycles. The molecule has 7 heteroatoms. The van der Waals surface area contributed by atoms with Crippen molar-refractivity contribution in [1.29, 1.82) is 0 Å². The number of piperidine rings is 2. The molecular formula is C31H37Cl2N3O2. The summed E-state index contributed by atoms with van der Waals surface area (Å²) in [6, 6.07) is 16.3. The molecule has 0 spiro atoms. The maximum absolute atomic E-state index is 13.6. The molecule has 2 saturated heterocycles. The summed E-state index contributed by atoms with van der Waals surface area (Å²) in [4.78, 5) is 23.0. The molecule has 1 amide bonds. The molecule has 2 atom stereocenters. The molecule has 3 heterocycles. The number of benzene rings is 2. The summed E-state index contributed by atoms with van der Waals surface area (Å²) in [5.41, 5.74) is 3.84. The van der Waals surface area contributed by atoms with Crippen LogP contribution in [0, 0.1) is 11.8 Å². The van der Waals surface area contributed by atoms with Crippen molar-refractivity contribution in [3.05, 3.63) is 75.4 Å². The molecule has 38 heavy (non-hydrogen) atoms. The van der Waals surface area contributed by atoms with Gasteiger partial charge in [0, 0.05) is 43.4 Å². The Morgan fingerprint density at radius 2 is 1.79 bits per heavy atom. The highest BCUT2D eigenvalue weighted by Gasteiger charge is 2.34. The Bertz CT molecular complexity index is 1280. The van der Waals surface area contributed by atoms with Crippen LogP contribution in [0.1, 0.15) is 54.2 Å². The van der Waals surface area contributed by atoms with Gasteiger partial charge in [0.15, 0.2) is 0 Å². The van der Waals surface area contributed by atoms with E-state index in [9.17, 15) is 9.90 Å². The molecule has 5 rings (SSSR count). The van der Waals surface area contributed by atoms with Crippen LogP contribution in [-0.2, 0) is 12.8 Å². The lowest BCUT2D eigenvalue weighted by Gasteiger charge is -2.44. The van der Waals surface area contributed by atoms with Crippen molar-refractivity contribution in [3.8, 4) is 0 Å². The second kappa shape index (κ2) is 12.3. The second-order valence-electron chi connectivity index (χ2n) is 10.9. The van der Waals surface area contributed by atoms with Crippen LogP contribution in [0.15, 0.2) is 48.5 Å². The van der Waals surface area contributed by atoms with E-state index >= 15 is 0 Å². The van der Waals surface area contributed by atoms with Gasteiger partial charge in [-0.05, 0) is 80.3 Å². The number of likely N-dealkylation sites (tertiary alicyclic amines) is 2. The van der Waals surface area contributed by atoms with Crippen molar-refractivity contribution in [2.24, 2.45) is 11.8 Å². The Kier molecular flexibility index (Phi) is 8.89. The van der Waals surface area contributed by atoms with Gasteiger partial charge >= 0.3 is 0 Å². The molecule has 0 saturated carbocycles. The van der Waals surface area contributed by atoms with Crippen molar-refractivity contribution < 1.29 is 9.90 Å². The van der Waals surface area contributed by atoms with Gasteiger partial charge in [-0.2, -0.15) is 0 Å². The van der Waals surface area contributed by atoms with E-state index in [4.69, 9.17) is 28.2 Å². The number of rotatable bonds is 7. The number of pyridine rings is 1. The molecule has 0 radical (unpaired) electrons. The normalized spacial score (nSPS) is 21.2. The molecule has 2 aromatic carbocycles. The van der Waals surface area contributed by atoms with Crippen LogP contribution < -0.4 is 0 Å². The molecule has 5 nitrogen and oxygen atoms in total. The molecule has 1 N–H and O–H groups in total. The first-order valence-electron chi connectivity index (χ1n) is 13.9. The van der Waals surface area contributed by atoms with Gasteiger partial charge in [-0.15, -0.1) is 0 Å². The monoisotopic (exact) mass is 553 g/mol. The van der Waals surface area contributed by atoms with Crippen molar-refractivity contribution >= 4 is 40.0 Å². The van der Waals surface area contributed by atoms with E-state index in [2.05, 4.69) is 11.8 Å². The van der Waals surface area contributed by atoms with Gasteiger partial charge in [0.25, 0.3) is 5.91 Å². The highest BCUT2D eigenvalue weighted by atomic mass is 35.5. The lowest BCUT2D eigenvalue weighted by atomic mass is 9.80. The average molecular weight is 555 g/mol. The van der Waals surface area contributed by atoms with Crippen molar-refractivity contribution in [1.82, 2.24) is 14.8 Å². The van der Waals surface area contributed by atoms with Gasteiger partial charge in [0.05, 0.1) is 21.1 Å². The van der Waals surface area contributed by atoms with E-state index in [-0.39, 0.29) is 18.4 Å². The summed E-state index contributed by atoms with van der Waals surface area (Å²) in [5, 5.41) is 12.3. The van der Waals surface area contributed by atoms with Crippen molar-refractivity contribution in [3.63, 3.8) is 0 Å². The summed E-state index contributed by atoms with van der Waals surface area (Å²) in [6.45, 7) is 5.77. The van der Waals surface area contributed by atoms with E-state index in [1.54, 1.807) is 0 Å². The zero-order valence-corrected chi connectivity index (χ0v) is 23.6. The number of carbonyl (C=O) groups excluding carboxylic acids is 1. The molecular weight excluding hydrogens is 517 g/mol. The number of fused-ring (bicyclic) bond motifs is 1. The summed E-state index contributed by atoms with van der Waals surface area (Å²) in [5.74, 6) is 0.776. The Morgan fingerprint density at radius 1 is 1.00 bits per heavy atom. The number of aliphatic hydroxyl groups excluding tert-OH is 1. The fourth-order valence-corrected chi connectivity index (χ4v) is 6.60. The Labute approximate surface area is 235 Å². The molecule has 2 aliphatic rings. The summed E-state index contributed by atoms with van der Waals surface area (Å²) in [7, 11) is 0. The first-order chi connectivity index (χ1) is 18.5. The largest absolute Gasteiger partial charge is 0.396 e. The molecule has 0 bridgehead atoms. The number of aromatic nitrogens is 1. The van der Waals surface area contributed by atoms with Gasteiger partial charge in [-0.1, -0.05) is 60.8 Å². The Hall–Kier alpha value is -2.18. The van der Waals surface area contributed by atoms with E-state index in [0.717, 1.165) is 86.9 Å². The predicted molar refractivity (Wildman–Crippen MR) is 155 cm³/mol. The number of amides is 1. The van der Waals surface area contributed by atoms with Crippen molar-refractivity contribution in [2.75, 3.05) is 32.8 Å². The highest BCUT2D eigenvalue weighted by molar-refractivity contribution is 6.42. The first-order valence-corrected chi connectivity index (χ1v) is 14.7. The number of halogens is 2. The number of hydrogen-bond acceptors (Lipinski definition) is 4. The van der Waals surface area contributed by atoms with Crippen LogP contribution in [-0.4, -0.2) is 64.6 Å². The van der Waals surface area contributed by atoms with Crippen LogP contribution >= 0.6 is 23.2 Å². The van der Waals surface area contributed by atoms with Crippen LogP contribution in [0.2, 0.25) is 10.0 Å². The molecule has 2 aliphatic heterocycles. The summed E-state index contributed by atoms with van der Waals surface area (Å²) < 4.78 is 0. The molecule has 3 aromatic rings. The molecule has 2 fully saturated rings. The van der Waals surface area contributed by atoms with Crippen LogP contribution in [0.5, 0.6) is 0 Å².